The van der Waals surface area contributed by atoms with Crippen LogP contribution in [0.15, 0.2) is 12.2 Å². The van der Waals surface area contributed by atoms with Crippen molar-refractivity contribution in [3.05, 3.63) is 12.2 Å². The number of amides is 3. The molecule has 0 aromatic heterocycles. The Hall–Kier alpha value is -2.55. The molecule has 0 fully saturated rings. The Balaban J connectivity index is 0.000000956. The molecule has 0 radical (unpaired) electrons. The Morgan fingerprint density at radius 3 is 1.79 bits per heavy atom. The highest BCUT2D eigenvalue weighted by Crippen LogP contribution is 2.13. The first-order valence-electron chi connectivity index (χ1n) is 8.16. The van der Waals surface area contributed by atoms with Gasteiger partial charge in [-0.15, -0.1) is 0 Å². The second-order valence-corrected chi connectivity index (χ2v) is 5.12. The van der Waals surface area contributed by atoms with Crippen LogP contribution in [0.4, 0.5) is 13.2 Å². The summed E-state index contributed by atoms with van der Waals surface area (Å²) < 4.78 is 47.4. The number of carboxylic acid groups (broad SMARTS) is 1. The summed E-state index contributed by atoms with van der Waals surface area (Å²) in [6, 6.07) is 0. The average molecular weight is 429 g/mol. The third-order valence-electron chi connectivity index (χ3n) is 2.98. The molecule has 0 bridgehead atoms. The van der Waals surface area contributed by atoms with E-state index >= 15 is 0 Å². The zero-order valence-electron chi connectivity index (χ0n) is 15.3. The predicted molar refractivity (Wildman–Crippen MR) is 89.0 cm³/mol. The minimum atomic E-state index is -5.08. The van der Waals surface area contributed by atoms with Gasteiger partial charge in [-0.05, 0) is 0 Å². The molecule has 0 unspecified atom stereocenters. The lowest BCUT2D eigenvalue weighted by Crippen LogP contribution is -2.33. The molecular weight excluding hydrogens is 407 g/mol. The molecule has 0 saturated carbocycles. The topological polar surface area (TPSA) is 157 Å². The summed E-state index contributed by atoms with van der Waals surface area (Å²) in [5.41, 5.74) is 2.01. The van der Waals surface area contributed by atoms with Crippen LogP contribution in [0.25, 0.3) is 0 Å². The van der Waals surface area contributed by atoms with Gasteiger partial charge >= 0.3 is 12.1 Å². The van der Waals surface area contributed by atoms with Crippen LogP contribution in [0.2, 0.25) is 0 Å². The van der Waals surface area contributed by atoms with Gasteiger partial charge < -0.3 is 19.3 Å². The highest BCUT2D eigenvalue weighted by molar-refractivity contribution is 6.12. The van der Waals surface area contributed by atoms with E-state index in [9.17, 15) is 27.6 Å². The SMILES string of the molecule is NNC(=O)CCOCCOCCOCCN1C(=O)C=CC1=O.O=C(O)C(F)(F)F. The van der Waals surface area contributed by atoms with Crippen molar-refractivity contribution in [3.63, 3.8) is 0 Å². The smallest absolute Gasteiger partial charge is 0.475 e. The van der Waals surface area contributed by atoms with Crippen LogP contribution >= 0.6 is 0 Å². The highest BCUT2D eigenvalue weighted by Gasteiger charge is 2.38. The molecule has 1 aliphatic heterocycles. The van der Waals surface area contributed by atoms with Gasteiger partial charge in [0.2, 0.25) is 5.91 Å². The summed E-state index contributed by atoms with van der Waals surface area (Å²) in [6.07, 6.45) is -2.40. The van der Waals surface area contributed by atoms with Gasteiger partial charge in [-0.2, -0.15) is 13.2 Å². The minimum absolute atomic E-state index is 0.211. The normalized spacial score (nSPS) is 13.3. The van der Waals surface area contributed by atoms with E-state index in [0.29, 0.717) is 26.4 Å². The number of carbonyl (C=O) groups is 4. The number of hydrazine groups is 1. The van der Waals surface area contributed by atoms with E-state index < -0.39 is 12.1 Å². The third-order valence-corrected chi connectivity index (χ3v) is 2.98. The molecule has 0 saturated heterocycles. The minimum Gasteiger partial charge on any atom is -0.475 e. The molecule has 1 rings (SSSR count). The van der Waals surface area contributed by atoms with Crippen molar-refractivity contribution in [2.75, 3.05) is 46.2 Å². The second-order valence-electron chi connectivity index (χ2n) is 5.12. The molecule has 29 heavy (non-hydrogen) atoms. The molecule has 3 amide bonds. The van der Waals surface area contributed by atoms with Crippen molar-refractivity contribution < 1.29 is 51.7 Å². The maximum atomic E-state index is 11.2. The highest BCUT2D eigenvalue weighted by atomic mass is 19.4. The number of aliphatic carboxylic acids is 1. The van der Waals surface area contributed by atoms with Gasteiger partial charge in [-0.3, -0.25) is 24.7 Å². The third kappa shape index (κ3) is 13.3. The Bertz CT molecular complexity index is 566. The quantitative estimate of drug-likeness (QED) is 0.116. The Labute approximate surface area is 163 Å². The molecule has 1 aliphatic rings. The van der Waals surface area contributed by atoms with Gasteiger partial charge in [0, 0.05) is 12.2 Å². The van der Waals surface area contributed by atoms with Crippen molar-refractivity contribution in [1.29, 1.82) is 0 Å². The zero-order chi connectivity index (χ0) is 22.3. The van der Waals surface area contributed by atoms with E-state index in [1.807, 2.05) is 5.43 Å². The number of alkyl halides is 3. The second kappa shape index (κ2) is 14.4. The van der Waals surface area contributed by atoms with Gasteiger partial charge in [-0.25, -0.2) is 10.6 Å². The Morgan fingerprint density at radius 2 is 1.38 bits per heavy atom. The summed E-state index contributed by atoms with van der Waals surface area (Å²) in [5.74, 6) is 1.25. The van der Waals surface area contributed by atoms with Crippen LogP contribution in [-0.4, -0.2) is 86.1 Å². The van der Waals surface area contributed by atoms with Gasteiger partial charge in [0.1, 0.15) is 0 Å². The number of hydrogen-bond acceptors (Lipinski definition) is 8. The van der Waals surface area contributed by atoms with Crippen molar-refractivity contribution in [2.45, 2.75) is 12.6 Å². The lowest BCUT2D eigenvalue weighted by atomic mass is 10.4. The number of nitrogens with zero attached hydrogens (tertiary/aromatic N) is 1. The van der Waals surface area contributed by atoms with Crippen LogP contribution in [0, 0.1) is 0 Å². The van der Waals surface area contributed by atoms with E-state index in [2.05, 4.69) is 0 Å². The molecule has 0 spiro atoms. The lowest BCUT2D eigenvalue weighted by molar-refractivity contribution is -0.192. The van der Waals surface area contributed by atoms with Crippen molar-refractivity contribution in [2.24, 2.45) is 5.84 Å². The number of carbonyl (C=O) groups excluding carboxylic acids is 3. The van der Waals surface area contributed by atoms with Gasteiger partial charge in [-0.1, -0.05) is 0 Å². The Morgan fingerprint density at radius 1 is 0.966 bits per heavy atom. The molecular formula is C15H22F3N3O8. The first-order chi connectivity index (χ1) is 13.6. The number of carboxylic acids is 1. The molecule has 4 N–H and O–H groups in total. The van der Waals surface area contributed by atoms with E-state index in [0.717, 1.165) is 4.90 Å². The van der Waals surface area contributed by atoms with Crippen LogP contribution in [-0.2, 0) is 33.4 Å². The standard InChI is InChI=1S/C13H21N3O6.C2HF3O2/c14-15-11(17)3-5-20-7-9-22-10-8-21-6-4-16-12(18)1-2-13(16)19;3-2(4,5)1(6)7/h1-2H,3-10,14H2,(H,15,17);(H,6,7). The largest absolute Gasteiger partial charge is 0.490 e. The molecule has 0 aromatic carbocycles. The fraction of sp³-hybridized carbons (Fsp3) is 0.600. The first-order valence-corrected chi connectivity index (χ1v) is 8.16. The fourth-order valence-electron chi connectivity index (χ4n) is 1.59. The van der Waals surface area contributed by atoms with Crippen LogP contribution in [0.5, 0.6) is 0 Å². The number of ether oxygens (including phenoxy) is 3. The molecule has 0 aliphatic carbocycles. The summed E-state index contributed by atoms with van der Waals surface area (Å²) in [4.78, 5) is 43.2. The van der Waals surface area contributed by atoms with Gasteiger partial charge in [0.05, 0.1) is 52.6 Å². The van der Waals surface area contributed by atoms with Gasteiger partial charge in [0.15, 0.2) is 0 Å². The molecule has 1 heterocycles. The first kappa shape index (κ1) is 26.4. The molecule has 14 heteroatoms. The number of halogens is 3. The maximum absolute atomic E-state index is 11.2. The van der Waals surface area contributed by atoms with Crippen molar-refractivity contribution in [1.82, 2.24) is 10.3 Å². The van der Waals surface area contributed by atoms with Crippen LogP contribution in [0.1, 0.15) is 6.42 Å². The van der Waals surface area contributed by atoms with E-state index in [1.165, 1.54) is 12.2 Å². The summed E-state index contributed by atoms with van der Waals surface area (Å²) in [7, 11) is 0. The summed E-state index contributed by atoms with van der Waals surface area (Å²) >= 11 is 0. The molecule has 0 aromatic rings. The lowest BCUT2D eigenvalue weighted by Gasteiger charge is -2.13. The fourth-order valence-corrected chi connectivity index (χ4v) is 1.59. The number of nitrogens with one attached hydrogen (secondary N) is 1. The Kier molecular flexibility index (Phi) is 13.2. The summed E-state index contributed by atoms with van der Waals surface area (Å²) in [5, 5.41) is 7.12. The summed E-state index contributed by atoms with van der Waals surface area (Å²) in [6.45, 7) is 2.30. The molecule has 0 atom stereocenters. The van der Waals surface area contributed by atoms with Crippen LogP contribution in [0.3, 0.4) is 0 Å². The number of rotatable bonds is 12. The number of imide groups is 1. The van der Waals surface area contributed by atoms with E-state index in [1.54, 1.807) is 0 Å². The van der Waals surface area contributed by atoms with E-state index in [4.69, 9.17) is 30.0 Å². The molecule has 11 nitrogen and oxygen atoms in total. The number of nitrogens with two attached hydrogens (primary N) is 1. The number of hydrogen-bond donors (Lipinski definition) is 3. The van der Waals surface area contributed by atoms with Crippen molar-refractivity contribution >= 4 is 23.7 Å². The maximum Gasteiger partial charge on any atom is 0.490 e. The predicted octanol–water partition coefficient (Wildman–Crippen LogP) is -1.03. The zero-order valence-corrected chi connectivity index (χ0v) is 15.3. The van der Waals surface area contributed by atoms with Crippen molar-refractivity contribution in [3.8, 4) is 0 Å². The van der Waals surface area contributed by atoms with Crippen LogP contribution < -0.4 is 11.3 Å². The average Bonchev–Trinajstić information content (AvgIpc) is 2.97. The molecule has 166 valence electrons. The monoisotopic (exact) mass is 429 g/mol. The van der Waals surface area contributed by atoms with Gasteiger partial charge in [0.25, 0.3) is 11.8 Å². The van der Waals surface area contributed by atoms with E-state index in [-0.39, 0.29) is 43.9 Å².